The normalized spacial score (nSPS) is 16.6. The van der Waals surface area contributed by atoms with E-state index in [1.165, 1.54) is 6.42 Å². The van der Waals surface area contributed by atoms with Crippen LogP contribution in [0.15, 0.2) is 29.4 Å². The molecular formula is C18H32IN5. The SMILES string of the molecule is CCNC(=NCCCCNc1ccccn1)N1CCC(C)(C)C1.I. The first-order valence-corrected chi connectivity index (χ1v) is 8.79. The zero-order valence-electron chi connectivity index (χ0n) is 15.2. The zero-order valence-corrected chi connectivity index (χ0v) is 17.5. The summed E-state index contributed by atoms with van der Waals surface area (Å²) in [7, 11) is 0. The van der Waals surface area contributed by atoms with Gasteiger partial charge < -0.3 is 15.5 Å². The van der Waals surface area contributed by atoms with E-state index in [2.05, 4.69) is 41.3 Å². The first-order chi connectivity index (χ1) is 11.1. The van der Waals surface area contributed by atoms with E-state index in [0.717, 1.165) is 57.3 Å². The largest absolute Gasteiger partial charge is 0.370 e. The number of anilines is 1. The van der Waals surface area contributed by atoms with Gasteiger partial charge in [0.25, 0.3) is 0 Å². The van der Waals surface area contributed by atoms with Crippen LogP contribution in [0.3, 0.4) is 0 Å². The fraction of sp³-hybridized carbons (Fsp3) is 0.667. The van der Waals surface area contributed by atoms with Crippen LogP contribution in [0.25, 0.3) is 0 Å². The highest BCUT2D eigenvalue weighted by Crippen LogP contribution is 2.28. The van der Waals surface area contributed by atoms with Crippen molar-refractivity contribution in [2.75, 3.05) is 38.0 Å². The van der Waals surface area contributed by atoms with Crippen molar-refractivity contribution < 1.29 is 0 Å². The Morgan fingerprint density at radius 2 is 2.17 bits per heavy atom. The van der Waals surface area contributed by atoms with Crippen LogP contribution in [-0.4, -0.2) is 48.6 Å². The third-order valence-corrected chi connectivity index (χ3v) is 4.13. The maximum Gasteiger partial charge on any atom is 0.193 e. The van der Waals surface area contributed by atoms with Gasteiger partial charge in [0.1, 0.15) is 5.82 Å². The molecule has 0 bridgehead atoms. The number of nitrogens with zero attached hydrogens (tertiary/aromatic N) is 3. The van der Waals surface area contributed by atoms with Crippen molar-refractivity contribution in [2.45, 2.75) is 40.0 Å². The second-order valence-electron chi connectivity index (χ2n) is 6.92. The van der Waals surface area contributed by atoms with E-state index >= 15 is 0 Å². The van der Waals surface area contributed by atoms with Gasteiger partial charge in [-0.2, -0.15) is 0 Å². The molecule has 0 radical (unpaired) electrons. The van der Waals surface area contributed by atoms with Gasteiger partial charge in [-0.25, -0.2) is 4.98 Å². The lowest BCUT2D eigenvalue weighted by Crippen LogP contribution is -2.40. The molecule has 0 atom stereocenters. The minimum Gasteiger partial charge on any atom is -0.370 e. The highest BCUT2D eigenvalue weighted by molar-refractivity contribution is 14.0. The third kappa shape index (κ3) is 7.23. The van der Waals surface area contributed by atoms with Crippen LogP contribution in [0.1, 0.15) is 40.0 Å². The lowest BCUT2D eigenvalue weighted by Gasteiger charge is -2.23. The molecule has 1 aliphatic heterocycles. The number of hydrogen-bond acceptors (Lipinski definition) is 3. The maximum absolute atomic E-state index is 4.79. The smallest absolute Gasteiger partial charge is 0.193 e. The van der Waals surface area contributed by atoms with Gasteiger partial charge in [0, 0.05) is 38.9 Å². The quantitative estimate of drug-likeness (QED) is 0.292. The molecular weight excluding hydrogens is 413 g/mol. The molecule has 2 N–H and O–H groups in total. The van der Waals surface area contributed by atoms with Crippen molar-refractivity contribution >= 4 is 35.8 Å². The number of unbranched alkanes of at least 4 members (excludes halogenated alkanes) is 1. The molecule has 0 amide bonds. The summed E-state index contributed by atoms with van der Waals surface area (Å²) in [5.41, 5.74) is 0.406. The van der Waals surface area contributed by atoms with Gasteiger partial charge in [-0.15, -0.1) is 24.0 Å². The van der Waals surface area contributed by atoms with E-state index in [1.807, 2.05) is 24.4 Å². The Hall–Kier alpha value is -1.05. The standard InChI is InChI=1S/C18H31N5.HI/c1-4-19-17(23-14-10-18(2,3)15-23)22-13-8-7-12-21-16-9-5-6-11-20-16;/h5-6,9,11H,4,7-8,10,12-15H2,1-3H3,(H,19,22)(H,20,21);1H. The van der Waals surface area contributed by atoms with E-state index in [1.54, 1.807) is 0 Å². The van der Waals surface area contributed by atoms with Crippen molar-refractivity contribution in [3.8, 4) is 0 Å². The van der Waals surface area contributed by atoms with Gasteiger partial charge in [-0.3, -0.25) is 4.99 Å². The Kier molecular flexibility index (Phi) is 9.39. The zero-order chi connectivity index (χ0) is 16.5. The second-order valence-corrected chi connectivity index (χ2v) is 6.92. The molecule has 6 heteroatoms. The Morgan fingerprint density at radius 3 is 2.79 bits per heavy atom. The molecule has 2 rings (SSSR count). The molecule has 24 heavy (non-hydrogen) atoms. The first kappa shape index (κ1) is 21.0. The van der Waals surface area contributed by atoms with Crippen molar-refractivity contribution in [3.63, 3.8) is 0 Å². The fourth-order valence-corrected chi connectivity index (χ4v) is 2.82. The van der Waals surface area contributed by atoms with Crippen LogP contribution in [0.5, 0.6) is 0 Å². The summed E-state index contributed by atoms with van der Waals surface area (Å²) in [6, 6.07) is 5.93. The number of rotatable bonds is 7. The van der Waals surface area contributed by atoms with Gasteiger partial charge >= 0.3 is 0 Å². The van der Waals surface area contributed by atoms with Crippen LogP contribution in [0.4, 0.5) is 5.82 Å². The van der Waals surface area contributed by atoms with Crippen LogP contribution < -0.4 is 10.6 Å². The summed E-state index contributed by atoms with van der Waals surface area (Å²) in [4.78, 5) is 11.5. The molecule has 5 nitrogen and oxygen atoms in total. The summed E-state index contributed by atoms with van der Waals surface area (Å²) in [5.74, 6) is 2.03. The van der Waals surface area contributed by atoms with Crippen molar-refractivity contribution in [1.29, 1.82) is 0 Å². The van der Waals surface area contributed by atoms with Crippen LogP contribution in [0.2, 0.25) is 0 Å². The summed E-state index contributed by atoms with van der Waals surface area (Å²) < 4.78 is 0. The minimum absolute atomic E-state index is 0. The minimum atomic E-state index is 0. The molecule has 1 aromatic heterocycles. The summed E-state index contributed by atoms with van der Waals surface area (Å²) in [6.07, 6.45) is 5.25. The van der Waals surface area contributed by atoms with Gasteiger partial charge in [-0.05, 0) is 43.7 Å². The topological polar surface area (TPSA) is 52.6 Å². The van der Waals surface area contributed by atoms with E-state index < -0.39 is 0 Å². The lowest BCUT2D eigenvalue weighted by atomic mass is 9.93. The summed E-state index contributed by atoms with van der Waals surface area (Å²) in [5, 5.41) is 6.77. The van der Waals surface area contributed by atoms with Gasteiger partial charge in [-0.1, -0.05) is 19.9 Å². The average Bonchev–Trinajstić information content (AvgIpc) is 2.90. The number of nitrogens with one attached hydrogen (secondary N) is 2. The van der Waals surface area contributed by atoms with Crippen molar-refractivity contribution in [2.24, 2.45) is 10.4 Å². The number of likely N-dealkylation sites (tertiary alicyclic amines) is 1. The molecule has 1 aromatic rings. The predicted octanol–water partition coefficient (Wildman–Crippen LogP) is 3.59. The molecule has 0 aliphatic carbocycles. The number of pyridine rings is 1. The molecule has 1 saturated heterocycles. The molecule has 0 saturated carbocycles. The first-order valence-electron chi connectivity index (χ1n) is 8.79. The Bertz CT molecular complexity index is 489. The second kappa shape index (κ2) is 10.7. The third-order valence-electron chi connectivity index (χ3n) is 4.13. The van der Waals surface area contributed by atoms with Gasteiger partial charge in [0.05, 0.1) is 0 Å². The van der Waals surface area contributed by atoms with Crippen LogP contribution in [-0.2, 0) is 0 Å². The molecule has 0 unspecified atom stereocenters. The molecule has 1 fully saturated rings. The molecule has 2 heterocycles. The van der Waals surface area contributed by atoms with E-state index in [9.17, 15) is 0 Å². The monoisotopic (exact) mass is 445 g/mol. The lowest BCUT2D eigenvalue weighted by molar-refractivity contribution is 0.370. The number of hydrogen-bond donors (Lipinski definition) is 2. The fourth-order valence-electron chi connectivity index (χ4n) is 2.82. The number of halogens is 1. The predicted molar refractivity (Wildman–Crippen MR) is 113 cm³/mol. The number of aliphatic imine (C=N–C) groups is 1. The van der Waals surface area contributed by atoms with Crippen LogP contribution in [0, 0.1) is 5.41 Å². The Morgan fingerprint density at radius 1 is 1.33 bits per heavy atom. The van der Waals surface area contributed by atoms with Crippen LogP contribution >= 0.6 is 24.0 Å². The maximum atomic E-state index is 4.79. The Labute approximate surface area is 163 Å². The Balaban J connectivity index is 0.00000288. The molecule has 0 spiro atoms. The molecule has 136 valence electrons. The highest BCUT2D eigenvalue weighted by atomic mass is 127. The highest BCUT2D eigenvalue weighted by Gasteiger charge is 2.30. The van der Waals surface area contributed by atoms with Gasteiger partial charge in [0.2, 0.25) is 0 Å². The summed E-state index contributed by atoms with van der Waals surface area (Å²) in [6.45, 7) is 11.8. The molecule has 0 aromatic carbocycles. The van der Waals surface area contributed by atoms with Gasteiger partial charge in [0.15, 0.2) is 5.96 Å². The molecule has 1 aliphatic rings. The van der Waals surface area contributed by atoms with E-state index in [4.69, 9.17) is 4.99 Å². The number of guanidine groups is 1. The van der Waals surface area contributed by atoms with Crippen molar-refractivity contribution in [1.82, 2.24) is 15.2 Å². The number of aromatic nitrogens is 1. The van der Waals surface area contributed by atoms with E-state index in [0.29, 0.717) is 5.41 Å². The average molecular weight is 445 g/mol. The summed E-state index contributed by atoms with van der Waals surface area (Å²) >= 11 is 0. The van der Waals surface area contributed by atoms with E-state index in [-0.39, 0.29) is 24.0 Å². The van der Waals surface area contributed by atoms with Crippen molar-refractivity contribution in [3.05, 3.63) is 24.4 Å².